The molecule has 0 atom stereocenters. The van der Waals surface area contributed by atoms with Crippen LogP contribution < -0.4 is 4.74 Å². The third-order valence-electron chi connectivity index (χ3n) is 5.74. The highest BCUT2D eigenvalue weighted by molar-refractivity contribution is 7.13. The van der Waals surface area contributed by atoms with Crippen LogP contribution in [0.25, 0.3) is 0 Å². The lowest BCUT2D eigenvalue weighted by molar-refractivity contribution is 0.0667. The largest absolute Gasteiger partial charge is 0.496 e. The normalized spacial score (nSPS) is 15.5. The van der Waals surface area contributed by atoms with Gasteiger partial charge in [-0.15, -0.1) is 11.3 Å². The second kappa shape index (κ2) is 10.4. The number of carbonyl (C=O) groups excluding carboxylic acids is 1. The van der Waals surface area contributed by atoms with E-state index in [0.29, 0.717) is 11.8 Å². The number of hydrogen-bond acceptors (Lipinski definition) is 5. The molecule has 6 heteroatoms. The molecule has 2 heterocycles. The SMILES string of the molecule is COc1ccccc1CN1CCC(CN(CC(C)C)C(=O)c2sc(C)nc2C)CC1. The Balaban J connectivity index is 1.59. The molecule has 0 bridgehead atoms. The van der Waals surface area contributed by atoms with Gasteiger partial charge in [-0.25, -0.2) is 4.98 Å². The van der Waals surface area contributed by atoms with Crippen molar-refractivity contribution < 1.29 is 9.53 Å². The highest BCUT2D eigenvalue weighted by Crippen LogP contribution is 2.26. The van der Waals surface area contributed by atoms with Crippen LogP contribution in [0.15, 0.2) is 24.3 Å². The maximum atomic E-state index is 13.2. The van der Waals surface area contributed by atoms with Crippen LogP contribution in [0.4, 0.5) is 0 Å². The molecule has 1 saturated heterocycles. The minimum atomic E-state index is 0.156. The van der Waals surface area contributed by atoms with Gasteiger partial charge in [-0.1, -0.05) is 32.0 Å². The fourth-order valence-corrected chi connectivity index (χ4v) is 5.16. The molecule has 0 N–H and O–H groups in total. The number of para-hydroxylation sites is 1. The van der Waals surface area contributed by atoms with Crippen molar-refractivity contribution in [3.8, 4) is 5.75 Å². The average molecular weight is 430 g/mol. The van der Waals surface area contributed by atoms with Crippen LogP contribution in [-0.2, 0) is 6.54 Å². The first-order chi connectivity index (χ1) is 14.4. The standard InChI is InChI=1S/C24H35N3O2S/c1-17(2)14-27(24(28)23-18(3)25-19(4)30-23)15-20-10-12-26(13-11-20)16-21-8-6-7-9-22(21)29-5/h6-9,17,20H,10-16H2,1-5H3. The Kier molecular flexibility index (Phi) is 7.89. The summed E-state index contributed by atoms with van der Waals surface area (Å²) in [5.74, 6) is 2.12. The van der Waals surface area contributed by atoms with Gasteiger partial charge >= 0.3 is 0 Å². The lowest BCUT2D eigenvalue weighted by atomic mass is 9.95. The van der Waals surface area contributed by atoms with Crippen LogP contribution in [0.1, 0.15) is 52.6 Å². The van der Waals surface area contributed by atoms with Crippen LogP contribution in [0.5, 0.6) is 5.75 Å². The molecule has 30 heavy (non-hydrogen) atoms. The minimum Gasteiger partial charge on any atom is -0.496 e. The molecular formula is C24H35N3O2S. The topological polar surface area (TPSA) is 45.7 Å². The zero-order valence-corrected chi connectivity index (χ0v) is 19.8. The predicted molar refractivity (Wildman–Crippen MR) is 123 cm³/mol. The van der Waals surface area contributed by atoms with Crippen molar-refractivity contribution in [3.63, 3.8) is 0 Å². The second-order valence-corrected chi connectivity index (χ2v) is 9.99. The molecule has 0 saturated carbocycles. The summed E-state index contributed by atoms with van der Waals surface area (Å²) in [6.45, 7) is 13.0. The summed E-state index contributed by atoms with van der Waals surface area (Å²) in [7, 11) is 1.73. The van der Waals surface area contributed by atoms with Crippen LogP contribution >= 0.6 is 11.3 Å². The van der Waals surface area contributed by atoms with E-state index in [1.807, 2.05) is 26.0 Å². The Labute approximate surface area is 185 Å². The number of piperidine rings is 1. The van der Waals surface area contributed by atoms with Gasteiger partial charge < -0.3 is 9.64 Å². The Hall–Kier alpha value is -1.92. The first-order valence-corrected chi connectivity index (χ1v) is 11.8. The zero-order chi connectivity index (χ0) is 21.7. The molecule has 0 radical (unpaired) electrons. The number of likely N-dealkylation sites (tertiary alicyclic amines) is 1. The Morgan fingerprint density at radius 2 is 1.97 bits per heavy atom. The smallest absolute Gasteiger partial charge is 0.265 e. The lowest BCUT2D eigenvalue weighted by Gasteiger charge is -2.35. The molecule has 0 spiro atoms. The van der Waals surface area contributed by atoms with Gasteiger partial charge in [0.05, 0.1) is 17.8 Å². The molecule has 0 aliphatic carbocycles. The summed E-state index contributed by atoms with van der Waals surface area (Å²) in [5, 5.41) is 0.963. The van der Waals surface area contributed by atoms with Crippen molar-refractivity contribution in [1.82, 2.24) is 14.8 Å². The first-order valence-electron chi connectivity index (χ1n) is 10.9. The van der Waals surface area contributed by atoms with Crippen molar-refractivity contribution in [2.24, 2.45) is 11.8 Å². The number of rotatable bonds is 8. The van der Waals surface area contributed by atoms with Gasteiger partial charge in [0.2, 0.25) is 0 Å². The fraction of sp³-hybridized carbons (Fsp3) is 0.583. The summed E-state index contributed by atoms with van der Waals surface area (Å²) < 4.78 is 5.50. The van der Waals surface area contributed by atoms with Crippen molar-refractivity contribution in [2.45, 2.75) is 47.1 Å². The van der Waals surface area contributed by atoms with E-state index in [0.717, 1.165) is 66.9 Å². The van der Waals surface area contributed by atoms with E-state index in [1.165, 1.54) is 16.9 Å². The lowest BCUT2D eigenvalue weighted by Crippen LogP contribution is -2.42. The molecule has 1 aromatic heterocycles. The summed E-state index contributed by atoms with van der Waals surface area (Å²) in [6, 6.07) is 8.26. The monoisotopic (exact) mass is 429 g/mol. The third-order valence-corrected chi connectivity index (χ3v) is 6.80. The highest BCUT2D eigenvalue weighted by atomic mass is 32.1. The zero-order valence-electron chi connectivity index (χ0n) is 19.0. The molecule has 3 rings (SSSR count). The number of aromatic nitrogens is 1. The van der Waals surface area contributed by atoms with Gasteiger partial charge in [-0.05, 0) is 57.7 Å². The van der Waals surface area contributed by atoms with Gasteiger partial charge in [0.1, 0.15) is 10.6 Å². The van der Waals surface area contributed by atoms with E-state index < -0.39 is 0 Å². The molecule has 1 fully saturated rings. The quantitative estimate of drug-likeness (QED) is 0.606. The molecule has 0 unspecified atom stereocenters. The molecule has 2 aromatic rings. The number of aryl methyl sites for hydroxylation is 2. The molecule has 1 aliphatic rings. The van der Waals surface area contributed by atoms with Gasteiger partial charge in [0, 0.05) is 25.2 Å². The minimum absolute atomic E-state index is 0.156. The van der Waals surface area contributed by atoms with Gasteiger partial charge in [0.15, 0.2) is 0 Å². The summed E-state index contributed by atoms with van der Waals surface area (Å²) in [5.41, 5.74) is 2.11. The van der Waals surface area contributed by atoms with E-state index >= 15 is 0 Å². The number of amides is 1. The van der Waals surface area contributed by atoms with Crippen molar-refractivity contribution >= 4 is 17.2 Å². The van der Waals surface area contributed by atoms with Gasteiger partial charge in [-0.2, -0.15) is 0 Å². The van der Waals surface area contributed by atoms with Crippen molar-refractivity contribution in [3.05, 3.63) is 45.4 Å². The van der Waals surface area contributed by atoms with Gasteiger partial charge in [0.25, 0.3) is 5.91 Å². The summed E-state index contributed by atoms with van der Waals surface area (Å²) >= 11 is 1.52. The molecular weight excluding hydrogens is 394 g/mol. The number of carbonyl (C=O) groups is 1. The number of thiazole rings is 1. The predicted octanol–water partition coefficient (Wildman–Crippen LogP) is 4.78. The fourth-order valence-electron chi connectivity index (χ4n) is 4.27. The average Bonchev–Trinajstić information content (AvgIpc) is 3.06. The van der Waals surface area contributed by atoms with Crippen molar-refractivity contribution in [1.29, 1.82) is 0 Å². The van der Waals surface area contributed by atoms with E-state index in [2.05, 4.69) is 40.8 Å². The Morgan fingerprint density at radius 1 is 1.27 bits per heavy atom. The van der Waals surface area contributed by atoms with Crippen LogP contribution in [0, 0.1) is 25.7 Å². The molecule has 164 valence electrons. The Morgan fingerprint density at radius 3 is 2.57 bits per heavy atom. The van der Waals surface area contributed by atoms with Crippen LogP contribution in [-0.4, -0.2) is 54.0 Å². The Bertz CT molecular complexity index is 841. The highest BCUT2D eigenvalue weighted by Gasteiger charge is 2.27. The maximum absolute atomic E-state index is 13.2. The number of methoxy groups -OCH3 is 1. The third kappa shape index (κ3) is 5.82. The number of ether oxygens (including phenoxy) is 1. The van der Waals surface area contributed by atoms with Crippen molar-refractivity contribution in [2.75, 3.05) is 33.3 Å². The number of nitrogens with zero attached hydrogens (tertiary/aromatic N) is 3. The summed E-state index contributed by atoms with van der Waals surface area (Å²) in [4.78, 5) is 23.1. The first kappa shape index (κ1) is 22.8. The molecule has 1 aliphatic heterocycles. The molecule has 1 amide bonds. The number of benzene rings is 1. The van der Waals surface area contributed by atoms with Gasteiger partial charge in [-0.3, -0.25) is 9.69 Å². The molecule has 1 aromatic carbocycles. The van der Waals surface area contributed by atoms with E-state index in [9.17, 15) is 4.79 Å². The molecule has 5 nitrogen and oxygen atoms in total. The second-order valence-electron chi connectivity index (χ2n) is 8.78. The maximum Gasteiger partial charge on any atom is 0.265 e. The van der Waals surface area contributed by atoms with Crippen LogP contribution in [0.2, 0.25) is 0 Å². The van der Waals surface area contributed by atoms with E-state index in [1.54, 1.807) is 7.11 Å². The number of hydrogen-bond donors (Lipinski definition) is 0. The van der Waals surface area contributed by atoms with Crippen LogP contribution in [0.3, 0.4) is 0 Å². The van der Waals surface area contributed by atoms with E-state index in [-0.39, 0.29) is 5.91 Å². The summed E-state index contributed by atoms with van der Waals surface area (Å²) in [6.07, 6.45) is 2.25. The van der Waals surface area contributed by atoms with E-state index in [4.69, 9.17) is 4.74 Å².